The highest BCUT2D eigenvalue weighted by atomic mass is 35.5. The Labute approximate surface area is 129 Å². The minimum absolute atomic E-state index is 0.0837. The fourth-order valence-corrected chi connectivity index (χ4v) is 3.10. The lowest BCUT2D eigenvalue weighted by Crippen LogP contribution is -2.12. The van der Waals surface area contributed by atoms with Crippen LogP contribution in [0.25, 0.3) is 0 Å². The van der Waals surface area contributed by atoms with Crippen molar-refractivity contribution in [3.8, 4) is 5.75 Å². The van der Waals surface area contributed by atoms with Crippen LogP contribution in [0.3, 0.4) is 0 Å². The lowest BCUT2D eigenvalue weighted by atomic mass is 9.83. The Kier molecular flexibility index (Phi) is 6.39. The molecular formula is C18H29ClO. The van der Waals surface area contributed by atoms with Gasteiger partial charge in [-0.3, -0.25) is 0 Å². The number of rotatable bonds is 6. The van der Waals surface area contributed by atoms with Gasteiger partial charge in [-0.15, -0.1) is 11.6 Å². The zero-order valence-electron chi connectivity index (χ0n) is 13.7. The SMILES string of the molecule is CC(CC(Cl)c1ccc(OC(C)C)cc1)CC(C)(C)C. The third kappa shape index (κ3) is 6.65. The quantitative estimate of drug-likeness (QED) is 0.567. The molecule has 2 atom stereocenters. The Bertz CT molecular complexity index is 389. The molecule has 1 aromatic carbocycles. The van der Waals surface area contributed by atoms with Gasteiger partial charge >= 0.3 is 0 Å². The summed E-state index contributed by atoms with van der Waals surface area (Å²) in [6, 6.07) is 8.19. The van der Waals surface area contributed by atoms with Crippen LogP contribution in [0.15, 0.2) is 24.3 Å². The molecule has 0 N–H and O–H groups in total. The summed E-state index contributed by atoms with van der Waals surface area (Å²) in [6.45, 7) is 13.2. The van der Waals surface area contributed by atoms with Crippen LogP contribution < -0.4 is 4.74 Å². The van der Waals surface area contributed by atoms with Gasteiger partial charge in [-0.05, 0) is 55.7 Å². The van der Waals surface area contributed by atoms with E-state index in [1.54, 1.807) is 0 Å². The number of benzene rings is 1. The van der Waals surface area contributed by atoms with E-state index in [9.17, 15) is 0 Å². The molecule has 0 aliphatic heterocycles. The molecule has 2 unspecified atom stereocenters. The van der Waals surface area contributed by atoms with E-state index < -0.39 is 0 Å². The topological polar surface area (TPSA) is 9.23 Å². The van der Waals surface area contributed by atoms with Crippen LogP contribution >= 0.6 is 11.6 Å². The number of halogens is 1. The van der Waals surface area contributed by atoms with Crippen LogP contribution in [0.2, 0.25) is 0 Å². The fourth-order valence-electron chi connectivity index (χ4n) is 2.65. The molecule has 1 nitrogen and oxygen atoms in total. The summed E-state index contributed by atoms with van der Waals surface area (Å²) in [5.41, 5.74) is 1.55. The fraction of sp³-hybridized carbons (Fsp3) is 0.667. The van der Waals surface area contributed by atoms with Gasteiger partial charge in [0.25, 0.3) is 0 Å². The molecular weight excluding hydrogens is 268 g/mol. The van der Waals surface area contributed by atoms with E-state index in [0.717, 1.165) is 12.2 Å². The highest BCUT2D eigenvalue weighted by Crippen LogP contribution is 2.34. The predicted octanol–water partition coefficient (Wildman–Crippen LogP) is 6.22. The van der Waals surface area contributed by atoms with Crippen molar-refractivity contribution in [3.05, 3.63) is 29.8 Å². The molecule has 0 aliphatic rings. The van der Waals surface area contributed by atoms with Crippen molar-refractivity contribution in [1.29, 1.82) is 0 Å². The molecule has 0 heterocycles. The summed E-state index contributed by atoms with van der Waals surface area (Å²) in [7, 11) is 0. The van der Waals surface area contributed by atoms with E-state index >= 15 is 0 Å². The van der Waals surface area contributed by atoms with Gasteiger partial charge < -0.3 is 4.74 Å². The highest BCUT2D eigenvalue weighted by Gasteiger charge is 2.19. The van der Waals surface area contributed by atoms with Gasteiger partial charge in [-0.25, -0.2) is 0 Å². The molecule has 0 saturated heterocycles. The van der Waals surface area contributed by atoms with Crippen LogP contribution in [0.1, 0.15) is 65.3 Å². The van der Waals surface area contributed by atoms with Gasteiger partial charge in [-0.2, -0.15) is 0 Å². The Hall–Kier alpha value is -0.690. The largest absolute Gasteiger partial charge is 0.491 e. The lowest BCUT2D eigenvalue weighted by Gasteiger charge is -2.24. The molecule has 1 aromatic rings. The zero-order chi connectivity index (χ0) is 15.3. The summed E-state index contributed by atoms with van der Waals surface area (Å²) >= 11 is 6.55. The minimum Gasteiger partial charge on any atom is -0.491 e. The zero-order valence-corrected chi connectivity index (χ0v) is 14.5. The van der Waals surface area contributed by atoms with Crippen LogP contribution in [0.4, 0.5) is 0 Å². The average Bonchev–Trinajstić information content (AvgIpc) is 2.26. The van der Waals surface area contributed by atoms with Gasteiger partial charge in [0.2, 0.25) is 0 Å². The summed E-state index contributed by atoms with van der Waals surface area (Å²) < 4.78 is 5.65. The third-order valence-electron chi connectivity index (χ3n) is 3.18. The molecule has 0 spiro atoms. The smallest absolute Gasteiger partial charge is 0.119 e. The Morgan fingerprint density at radius 2 is 1.60 bits per heavy atom. The number of hydrogen-bond donors (Lipinski definition) is 0. The second-order valence-corrected chi connectivity index (χ2v) is 7.84. The maximum atomic E-state index is 6.55. The molecule has 0 saturated carbocycles. The molecule has 2 heteroatoms. The highest BCUT2D eigenvalue weighted by molar-refractivity contribution is 6.20. The van der Waals surface area contributed by atoms with Gasteiger partial charge in [-0.1, -0.05) is 39.8 Å². The first-order valence-corrected chi connectivity index (χ1v) is 8.01. The number of alkyl halides is 1. The first-order chi connectivity index (χ1) is 9.17. The predicted molar refractivity (Wildman–Crippen MR) is 88.7 cm³/mol. The van der Waals surface area contributed by atoms with Crippen LogP contribution in [0, 0.1) is 11.3 Å². The maximum absolute atomic E-state index is 6.55. The van der Waals surface area contributed by atoms with Crippen molar-refractivity contribution in [2.75, 3.05) is 0 Å². The number of hydrogen-bond acceptors (Lipinski definition) is 1. The lowest BCUT2D eigenvalue weighted by molar-refractivity contribution is 0.242. The van der Waals surface area contributed by atoms with Gasteiger partial charge in [0.05, 0.1) is 11.5 Å². The summed E-state index contributed by atoms with van der Waals surface area (Å²) in [5, 5.41) is 0.0837. The molecule has 114 valence electrons. The molecule has 0 amide bonds. The molecule has 0 bridgehead atoms. The van der Waals surface area contributed by atoms with Crippen molar-refractivity contribution >= 4 is 11.6 Å². The monoisotopic (exact) mass is 296 g/mol. The first-order valence-electron chi connectivity index (χ1n) is 7.58. The Morgan fingerprint density at radius 1 is 1.05 bits per heavy atom. The summed E-state index contributed by atoms with van der Waals surface area (Å²) in [6.07, 6.45) is 2.42. The Morgan fingerprint density at radius 3 is 2.05 bits per heavy atom. The standard InChI is InChI=1S/C18H29ClO/c1-13(2)20-16-9-7-15(8-10-16)17(19)11-14(3)12-18(4,5)6/h7-10,13-14,17H,11-12H2,1-6H3. The van der Waals surface area contributed by atoms with Crippen molar-refractivity contribution in [2.24, 2.45) is 11.3 Å². The second-order valence-electron chi connectivity index (χ2n) is 7.31. The van der Waals surface area contributed by atoms with Crippen LogP contribution in [-0.4, -0.2) is 6.10 Å². The molecule has 0 aromatic heterocycles. The molecule has 20 heavy (non-hydrogen) atoms. The average molecular weight is 297 g/mol. The van der Waals surface area contributed by atoms with Crippen molar-refractivity contribution in [2.45, 2.75) is 65.9 Å². The normalized spacial score (nSPS) is 15.2. The summed E-state index contributed by atoms with van der Waals surface area (Å²) in [5.74, 6) is 1.54. The van der Waals surface area contributed by atoms with Gasteiger partial charge in [0, 0.05) is 0 Å². The van der Waals surface area contributed by atoms with Crippen molar-refractivity contribution < 1.29 is 4.74 Å². The van der Waals surface area contributed by atoms with E-state index in [1.165, 1.54) is 12.0 Å². The van der Waals surface area contributed by atoms with Crippen molar-refractivity contribution in [1.82, 2.24) is 0 Å². The first kappa shape index (κ1) is 17.4. The van der Waals surface area contributed by atoms with Gasteiger partial charge in [0.15, 0.2) is 0 Å². The molecule has 0 aliphatic carbocycles. The third-order valence-corrected chi connectivity index (χ3v) is 3.61. The van der Waals surface area contributed by atoms with E-state index in [4.69, 9.17) is 16.3 Å². The maximum Gasteiger partial charge on any atom is 0.119 e. The minimum atomic E-state index is 0.0837. The van der Waals surface area contributed by atoms with E-state index in [1.807, 2.05) is 26.0 Å². The Balaban J connectivity index is 2.57. The van der Waals surface area contributed by atoms with Crippen LogP contribution in [0.5, 0.6) is 5.75 Å². The number of ether oxygens (including phenoxy) is 1. The van der Waals surface area contributed by atoms with E-state index in [-0.39, 0.29) is 11.5 Å². The van der Waals surface area contributed by atoms with Crippen molar-refractivity contribution in [3.63, 3.8) is 0 Å². The van der Waals surface area contributed by atoms with Gasteiger partial charge in [0.1, 0.15) is 5.75 Å². The molecule has 0 radical (unpaired) electrons. The second kappa shape index (κ2) is 7.36. The molecule has 1 rings (SSSR count). The summed E-state index contributed by atoms with van der Waals surface area (Å²) in [4.78, 5) is 0. The van der Waals surface area contributed by atoms with E-state index in [0.29, 0.717) is 11.3 Å². The molecule has 0 fully saturated rings. The van der Waals surface area contributed by atoms with E-state index in [2.05, 4.69) is 39.8 Å². The van der Waals surface area contributed by atoms with Crippen LogP contribution in [-0.2, 0) is 0 Å².